The van der Waals surface area contributed by atoms with E-state index in [2.05, 4.69) is 10.4 Å². The molecule has 1 N–H and O–H groups in total. The minimum atomic E-state index is -0.144. The SMILES string of the molecule is CCn1cc(N2Sc3ccccc3NC2=O)cn1. The van der Waals surface area contributed by atoms with Crippen molar-refractivity contribution < 1.29 is 4.79 Å². The number of rotatable bonds is 2. The van der Waals surface area contributed by atoms with Crippen molar-refractivity contribution >= 4 is 29.4 Å². The maximum Gasteiger partial charge on any atom is 0.337 e. The number of aryl methyl sites for hydroxylation is 1. The van der Waals surface area contributed by atoms with Gasteiger partial charge in [-0.15, -0.1) is 0 Å². The van der Waals surface area contributed by atoms with Crippen LogP contribution in [0.25, 0.3) is 0 Å². The maximum atomic E-state index is 12.0. The summed E-state index contributed by atoms with van der Waals surface area (Å²) in [6, 6.07) is 7.60. The molecule has 6 heteroatoms. The second-order valence-electron chi connectivity index (χ2n) is 3.87. The molecule has 3 rings (SSSR count). The lowest BCUT2D eigenvalue weighted by Gasteiger charge is -2.26. The van der Waals surface area contributed by atoms with E-state index >= 15 is 0 Å². The van der Waals surface area contributed by atoms with Crippen LogP contribution in [0.1, 0.15) is 6.92 Å². The summed E-state index contributed by atoms with van der Waals surface area (Å²) in [6.45, 7) is 2.80. The van der Waals surface area contributed by atoms with E-state index in [1.807, 2.05) is 37.4 Å². The predicted octanol–water partition coefficient (Wildman–Crippen LogP) is 2.96. The molecule has 0 bridgehead atoms. The third-order valence-corrected chi connectivity index (χ3v) is 3.79. The molecule has 18 heavy (non-hydrogen) atoms. The molecular weight excluding hydrogens is 248 g/mol. The average molecular weight is 260 g/mol. The smallest absolute Gasteiger partial charge is 0.306 e. The van der Waals surface area contributed by atoms with Crippen molar-refractivity contribution in [2.24, 2.45) is 0 Å². The van der Waals surface area contributed by atoms with Crippen LogP contribution in [-0.2, 0) is 6.54 Å². The van der Waals surface area contributed by atoms with Crippen LogP contribution in [0.15, 0.2) is 41.6 Å². The number of amides is 2. The quantitative estimate of drug-likeness (QED) is 0.844. The molecule has 1 aromatic carbocycles. The summed E-state index contributed by atoms with van der Waals surface area (Å²) >= 11 is 1.41. The highest BCUT2D eigenvalue weighted by Gasteiger charge is 2.25. The first-order valence-electron chi connectivity index (χ1n) is 5.68. The zero-order valence-corrected chi connectivity index (χ0v) is 10.6. The van der Waals surface area contributed by atoms with E-state index in [9.17, 15) is 4.79 Å². The van der Waals surface area contributed by atoms with E-state index in [1.54, 1.807) is 15.2 Å². The van der Waals surface area contributed by atoms with Gasteiger partial charge in [0.2, 0.25) is 0 Å². The topological polar surface area (TPSA) is 50.2 Å². The van der Waals surface area contributed by atoms with Gasteiger partial charge in [0.1, 0.15) is 0 Å². The highest BCUT2D eigenvalue weighted by atomic mass is 32.2. The van der Waals surface area contributed by atoms with Crippen molar-refractivity contribution in [3.05, 3.63) is 36.7 Å². The zero-order chi connectivity index (χ0) is 12.5. The lowest BCUT2D eigenvalue weighted by molar-refractivity contribution is 0.260. The van der Waals surface area contributed by atoms with Crippen LogP contribution in [0.5, 0.6) is 0 Å². The molecule has 5 nitrogen and oxygen atoms in total. The first kappa shape index (κ1) is 11.2. The van der Waals surface area contributed by atoms with Crippen LogP contribution in [-0.4, -0.2) is 15.8 Å². The molecule has 0 unspecified atom stereocenters. The van der Waals surface area contributed by atoms with Gasteiger partial charge in [0, 0.05) is 12.7 Å². The molecule has 2 amide bonds. The van der Waals surface area contributed by atoms with Gasteiger partial charge in [0.05, 0.1) is 22.5 Å². The summed E-state index contributed by atoms with van der Waals surface area (Å²) < 4.78 is 3.41. The van der Waals surface area contributed by atoms with E-state index in [-0.39, 0.29) is 6.03 Å². The van der Waals surface area contributed by atoms with Gasteiger partial charge in [-0.1, -0.05) is 12.1 Å². The number of aromatic nitrogens is 2. The van der Waals surface area contributed by atoms with Crippen LogP contribution < -0.4 is 9.62 Å². The van der Waals surface area contributed by atoms with E-state index in [4.69, 9.17) is 0 Å². The average Bonchev–Trinajstić information content (AvgIpc) is 2.86. The van der Waals surface area contributed by atoms with Crippen molar-refractivity contribution in [3.8, 4) is 0 Å². The predicted molar refractivity (Wildman–Crippen MR) is 71.7 cm³/mol. The van der Waals surface area contributed by atoms with Gasteiger partial charge in [0.25, 0.3) is 0 Å². The normalized spacial score (nSPS) is 14.3. The molecule has 2 heterocycles. The van der Waals surface area contributed by atoms with Gasteiger partial charge in [-0.3, -0.25) is 4.68 Å². The maximum absolute atomic E-state index is 12.0. The highest BCUT2D eigenvalue weighted by molar-refractivity contribution is 8.01. The van der Waals surface area contributed by atoms with Crippen molar-refractivity contribution in [3.63, 3.8) is 0 Å². The van der Waals surface area contributed by atoms with Gasteiger partial charge in [-0.05, 0) is 31.0 Å². The Balaban J connectivity index is 1.93. The van der Waals surface area contributed by atoms with Crippen molar-refractivity contribution in [2.75, 3.05) is 9.62 Å². The number of urea groups is 1. The molecule has 0 fully saturated rings. The molecule has 0 saturated carbocycles. The Bertz CT molecular complexity index is 595. The number of benzene rings is 1. The summed E-state index contributed by atoms with van der Waals surface area (Å²) in [4.78, 5) is 13.0. The number of nitrogens with zero attached hydrogens (tertiary/aromatic N) is 3. The number of para-hydroxylation sites is 1. The summed E-state index contributed by atoms with van der Waals surface area (Å²) in [5.74, 6) is 0. The molecular formula is C12H12N4OS. The van der Waals surface area contributed by atoms with Crippen molar-refractivity contribution in [1.29, 1.82) is 0 Å². The summed E-state index contributed by atoms with van der Waals surface area (Å²) in [5.41, 5.74) is 1.64. The second kappa shape index (κ2) is 4.38. The van der Waals surface area contributed by atoms with E-state index in [0.29, 0.717) is 0 Å². The molecule has 92 valence electrons. The van der Waals surface area contributed by atoms with Gasteiger partial charge < -0.3 is 5.32 Å². The molecule has 0 saturated heterocycles. The number of hydrogen-bond donors (Lipinski definition) is 1. The van der Waals surface area contributed by atoms with Crippen LogP contribution in [0.4, 0.5) is 16.2 Å². The number of fused-ring (bicyclic) bond motifs is 1. The van der Waals surface area contributed by atoms with Gasteiger partial charge in [-0.2, -0.15) is 5.10 Å². The van der Waals surface area contributed by atoms with Crippen LogP contribution >= 0.6 is 11.9 Å². The monoisotopic (exact) mass is 260 g/mol. The van der Waals surface area contributed by atoms with Crippen LogP contribution in [0.3, 0.4) is 0 Å². The van der Waals surface area contributed by atoms with Gasteiger partial charge in [0.15, 0.2) is 0 Å². The van der Waals surface area contributed by atoms with Crippen molar-refractivity contribution in [1.82, 2.24) is 9.78 Å². The molecule has 0 atom stereocenters. The lowest BCUT2D eigenvalue weighted by Crippen LogP contribution is -2.32. The van der Waals surface area contributed by atoms with Crippen LogP contribution in [0, 0.1) is 0 Å². The molecule has 2 aromatic rings. The van der Waals surface area contributed by atoms with Gasteiger partial charge in [-0.25, -0.2) is 9.10 Å². The number of anilines is 2. The van der Waals surface area contributed by atoms with Gasteiger partial charge >= 0.3 is 6.03 Å². The second-order valence-corrected chi connectivity index (χ2v) is 4.85. The Morgan fingerprint density at radius 2 is 2.22 bits per heavy atom. The highest BCUT2D eigenvalue weighted by Crippen LogP contribution is 2.37. The third kappa shape index (κ3) is 1.84. The molecule has 1 aromatic heterocycles. The van der Waals surface area contributed by atoms with E-state index in [1.165, 1.54) is 11.9 Å². The standard InChI is InChI=1S/C12H12N4OS/c1-2-15-8-9(7-13-15)16-12(17)14-10-5-3-4-6-11(10)18-16/h3-8H,2H2,1H3,(H,14,17). The Labute approximate surface area is 109 Å². The Kier molecular flexibility index (Phi) is 2.71. The molecule has 1 aliphatic rings. The minimum absolute atomic E-state index is 0.144. The van der Waals surface area contributed by atoms with E-state index < -0.39 is 0 Å². The Morgan fingerprint density at radius 1 is 1.39 bits per heavy atom. The lowest BCUT2D eigenvalue weighted by atomic mass is 10.3. The number of carbonyl (C=O) groups is 1. The van der Waals surface area contributed by atoms with E-state index in [0.717, 1.165) is 22.8 Å². The number of carbonyl (C=O) groups excluding carboxylic acids is 1. The fourth-order valence-electron chi connectivity index (χ4n) is 1.76. The molecule has 1 aliphatic heterocycles. The van der Waals surface area contributed by atoms with Crippen molar-refractivity contribution in [2.45, 2.75) is 18.4 Å². The summed E-state index contributed by atoms with van der Waals surface area (Å²) in [6.07, 6.45) is 3.56. The largest absolute Gasteiger partial charge is 0.337 e. The molecule has 0 aliphatic carbocycles. The van der Waals surface area contributed by atoms with Crippen LogP contribution in [0.2, 0.25) is 0 Å². The Hall–Kier alpha value is -1.95. The summed E-state index contributed by atoms with van der Waals surface area (Å²) in [7, 11) is 0. The summed E-state index contributed by atoms with van der Waals surface area (Å²) in [5, 5.41) is 7.05. The first-order chi connectivity index (χ1) is 8.78. The molecule has 0 spiro atoms. The zero-order valence-electron chi connectivity index (χ0n) is 9.83. The molecule has 0 radical (unpaired) electrons. The number of nitrogens with one attached hydrogen (secondary N) is 1. The fraction of sp³-hybridized carbons (Fsp3) is 0.167. The fourth-order valence-corrected chi connectivity index (χ4v) is 2.64. The first-order valence-corrected chi connectivity index (χ1v) is 6.46. The Morgan fingerprint density at radius 3 is 3.00 bits per heavy atom. The minimum Gasteiger partial charge on any atom is -0.306 e. The third-order valence-electron chi connectivity index (χ3n) is 2.68. The number of hydrogen-bond acceptors (Lipinski definition) is 3.